The van der Waals surface area contributed by atoms with Crippen molar-refractivity contribution in [2.45, 2.75) is 20.4 Å². The van der Waals surface area contributed by atoms with Gasteiger partial charge in [-0.15, -0.1) is 0 Å². The predicted molar refractivity (Wildman–Crippen MR) is 74.9 cm³/mol. The molecule has 0 atom stereocenters. The Hall–Kier alpha value is -2.56. The summed E-state index contributed by atoms with van der Waals surface area (Å²) in [6, 6.07) is 6.46. The molecule has 0 aliphatic heterocycles. The number of hydrogen-bond acceptors (Lipinski definition) is 3. The number of carbonyl (C=O) groups is 1. The molecule has 1 aromatic carbocycles. The number of hydrogen-bond donors (Lipinski definition) is 2. The molecule has 1 aromatic heterocycles. The fourth-order valence-corrected chi connectivity index (χ4v) is 2.07. The van der Waals surface area contributed by atoms with Crippen LogP contribution in [0.1, 0.15) is 11.1 Å². The second kappa shape index (κ2) is 5.21. The Morgan fingerprint density at radius 2 is 1.90 bits per heavy atom. The largest absolute Gasteiger partial charge is 0.508 e. The van der Waals surface area contributed by atoms with E-state index in [0.717, 1.165) is 26.8 Å². The zero-order chi connectivity index (χ0) is 14.9. The van der Waals surface area contributed by atoms with Crippen molar-refractivity contribution in [2.24, 2.45) is 0 Å². The molecule has 104 valence electrons. The SMILES string of the molecule is Cc1cc(-c2ccc(=O)n(CC(=O)O)c2)c(C)cc1O. The van der Waals surface area contributed by atoms with Gasteiger partial charge in [0.2, 0.25) is 0 Å². The Morgan fingerprint density at radius 1 is 1.20 bits per heavy atom. The van der Waals surface area contributed by atoms with E-state index in [9.17, 15) is 14.7 Å². The Morgan fingerprint density at radius 3 is 2.55 bits per heavy atom. The number of carboxylic acid groups (broad SMARTS) is 1. The third-order valence-corrected chi connectivity index (χ3v) is 3.14. The summed E-state index contributed by atoms with van der Waals surface area (Å²) in [6.07, 6.45) is 1.52. The van der Waals surface area contributed by atoms with E-state index in [1.807, 2.05) is 13.0 Å². The lowest BCUT2D eigenvalue weighted by atomic mass is 9.99. The zero-order valence-corrected chi connectivity index (χ0v) is 11.3. The van der Waals surface area contributed by atoms with E-state index in [1.165, 1.54) is 12.3 Å². The van der Waals surface area contributed by atoms with Crippen molar-refractivity contribution >= 4 is 5.97 Å². The Labute approximate surface area is 115 Å². The van der Waals surface area contributed by atoms with Crippen LogP contribution >= 0.6 is 0 Å². The van der Waals surface area contributed by atoms with Gasteiger partial charge in [-0.25, -0.2) is 0 Å². The van der Waals surface area contributed by atoms with Crippen LogP contribution in [0.4, 0.5) is 0 Å². The van der Waals surface area contributed by atoms with Crippen molar-refractivity contribution in [3.63, 3.8) is 0 Å². The van der Waals surface area contributed by atoms with Crippen molar-refractivity contribution in [2.75, 3.05) is 0 Å². The molecule has 2 aromatic rings. The van der Waals surface area contributed by atoms with Crippen molar-refractivity contribution in [1.82, 2.24) is 4.57 Å². The first-order chi connectivity index (χ1) is 9.38. The molecule has 2 N–H and O–H groups in total. The maximum Gasteiger partial charge on any atom is 0.323 e. The van der Waals surface area contributed by atoms with Gasteiger partial charge in [0, 0.05) is 12.3 Å². The van der Waals surface area contributed by atoms with E-state index in [0.29, 0.717) is 0 Å². The van der Waals surface area contributed by atoms with Gasteiger partial charge in [-0.05, 0) is 54.3 Å². The molecule has 0 amide bonds. The molecule has 0 saturated carbocycles. The number of carboxylic acids is 1. The number of phenols is 1. The van der Waals surface area contributed by atoms with Crippen LogP contribution in [-0.2, 0) is 11.3 Å². The van der Waals surface area contributed by atoms with Crippen LogP contribution in [0.2, 0.25) is 0 Å². The minimum Gasteiger partial charge on any atom is -0.508 e. The fraction of sp³-hybridized carbons (Fsp3) is 0.200. The number of aryl methyl sites for hydroxylation is 2. The molecule has 0 saturated heterocycles. The second-order valence-corrected chi connectivity index (χ2v) is 4.73. The Bertz CT molecular complexity index is 731. The summed E-state index contributed by atoms with van der Waals surface area (Å²) in [5.41, 5.74) is 2.82. The summed E-state index contributed by atoms with van der Waals surface area (Å²) in [5, 5.41) is 18.5. The highest BCUT2D eigenvalue weighted by Crippen LogP contribution is 2.28. The third kappa shape index (κ3) is 2.71. The molecular weight excluding hydrogens is 258 g/mol. The lowest BCUT2D eigenvalue weighted by Gasteiger charge is -2.11. The molecule has 5 nitrogen and oxygen atoms in total. The van der Waals surface area contributed by atoms with E-state index in [2.05, 4.69) is 0 Å². The standard InChI is InChI=1S/C15H15NO4/c1-9-6-13(17)10(2)5-12(9)11-3-4-14(18)16(7-11)8-15(19)20/h3-7,17H,8H2,1-2H3,(H,19,20). The number of benzene rings is 1. The van der Waals surface area contributed by atoms with Crippen LogP contribution in [0.5, 0.6) is 5.75 Å². The first-order valence-electron chi connectivity index (χ1n) is 6.11. The molecular formula is C15H15NO4. The normalized spacial score (nSPS) is 10.5. The number of rotatable bonds is 3. The number of nitrogens with zero attached hydrogens (tertiary/aromatic N) is 1. The number of aromatic nitrogens is 1. The lowest BCUT2D eigenvalue weighted by molar-refractivity contribution is -0.137. The monoisotopic (exact) mass is 273 g/mol. The maximum atomic E-state index is 11.6. The molecule has 20 heavy (non-hydrogen) atoms. The van der Waals surface area contributed by atoms with Crippen molar-refractivity contribution in [3.8, 4) is 16.9 Å². The Kier molecular flexibility index (Phi) is 3.61. The molecule has 5 heteroatoms. The maximum absolute atomic E-state index is 11.6. The van der Waals surface area contributed by atoms with Crippen LogP contribution in [0.25, 0.3) is 11.1 Å². The smallest absolute Gasteiger partial charge is 0.323 e. The first kappa shape index (κ1) is 13.9. The highest BCUT2D eigenvalue weighted by atomic mass is 16.4. The third-order valence-electron chi connectivity index (χ3n) is 3.14. The van der Waals surface area contributed by atoms with Crippen LogP contribution in [0.3, 0.4) is 0 Å². The molecule has 0 radical (unpaired) electrons. The van der Waals surface area contributed by atoms with E-state index in [-0.39, 0.29) is 17.9 Å². The van der Waals surface area contributed by atoms with Crippen LogP contribution in [-0.4, -0.2) is 20.7 Å². The summed E-state index contributed by atoms with van der Waals surface area (Å²) in [6.45, 7) is 3.26. The minimum atomic E-state index is -1.07. The first-order valence-corrected chi connectivity index (χ1v) is 6.11. The molecule has 0 fully saturated rings. The summed E-state index contributed by atoms with van der Waals surface area (Å²) in [4.78, 5) is 22.3. The number of pyridine rings is 1. The van der Waals surface area contributed by atoms with E-state index >= 15 is 0 Å². The summed E-state index contributed by atoms with van der Waals surface area (Å²) in [5.74, 6) is -0.854. The number of phenolic OH excluding ortho intramolecular Hbond substituents is 1. The molecule has 0 aliphatic carbocycles. The van der Waals surface area contributed by atoms with Gasteiger partial charge in [0.05, 0.1) is 0 Å². The van der Waals surface area contributed by atoms with Gasteiger partial charge in [0.1, 0.15) is 12.3 Å². The van der Waals surface area contributed by atoms with Crippen molar-refractivity contribution < 1.29 is 15.0 Å². The second-order valence-electron chi connectivity index (χ2n) is 4.73. The van der Waals surface area contributed by atoms with E-state index in [1.54, 1.807) is 19.1 Å². The number of aliphatic carboxylic acids is 1. The molecule has 1 heterocycles. The molecule has 0 unspecified atom stereocenters. The van der Waals surface area contributed by atoms with Gasteiger partial charge in [0.25, 0.3) is 5.56 Å². The van der Waals surface area contributed by atoms with Crippen molar-refractivity contribution in [1.29, 1.82) is 0 Å². The van der Waals surface area contributed by atoms with Gasteiger partial charge in [0.15, 0.2) is 0 Å². The molecule has 2 rings (SSSR count). The lowest BCUT2D eigenvalue weighted by Crippen LogP contribution is -2.22. The fourth-order valence-electron chi connectivity index (χ4n) is 2.07. The summed E-state index contributed by atoms with van der Waals surface area (Å²) >= 11 is 0. The summed E-state index contributed by atoms with van der Waals surface area (Å²) < 4.78 is 1.15. The van der Waals surface area contributed by atoms with Crippen LogP contribution in [0, 0.1) is 13.8 Å². The van der Waals surface area contributed by atoms with Crippen LogP contribution < -0.4 is 5.56 Å². The van der Waals surface area contributed by atoms with Crippen LogP contribution in [0.15, 0.2) is 35.3 Å². The quantitative estimate of drug-likeness (QED) is 0.895. The molecule has 0 aliphatic rings. The van der Waals surface area contributed by atoms with Crippen molar-refractivity contribution in [3.05, 3.63) is 51.9 Å². The highest BCUT2D eigenvalue weighted by molar-refractivity contribution is 5.70. The summed E-state index contributed by atoms with van der Waals surface area (Å²) in [7, 11) is 0. The molecule has 0 bridgehead atoms. The number of aromatic hydroxyl groups is 1. The minimum absolute atomic E-state index is 0.213. The van der Waals surface area contributed by atoms with Gasteiger partial charge in [-0.2, -0.15) is 0 Å². The predicted octanol–water partition coefficient (Wildman–Crippen LogP) is 1.92. The topological polar surface area (TPSA) is 79.5 Å². The van der Waals surface area contributed by atoms with E-state index < -0.39 is 5.97 Å². The Balaban J connectivity index is 2.56. The van der Waals surface area contributed by atoms with Gasteiger partial charge >= 0.3 is 5.97 Å². The van der Waals surface area contributed by atoms with E-state index in [4.69, 9.17) is 5.11 Å². The van der Waals surface area contributed by atoms with Gasteiger partial charge < -0.3 is 14.8 Å². The average Bonchev–Trinajstić information content (AvgIpc) is 2.36. The van der Waals surface area contributed by atoms with Gasteiger partial charge in [-0.3, -0.25) is 9.59 Å². The molecule has 0 spiro atoms. The van der Waals surface area contributed by atoms with Gasteiger partial charge in [-0.1, -0.05) is 0 Å². The average molecular weight is 273 g/mol. The zero-order valence-electron chi connectivity index (χ0n) is 11.3. The highest BCUT2D eigenvalue weighted by Gasteiger charge is 2.09.